The van der Waals surface area contributed by atoms with Crippen molar-refractivity contribution in [3.8, 4) is 22.4 Å². The number of aryl methyl sites for hydroxylation is 1. The first kappa shape index (κ1) is 16.7. The van der Waals surface area contributed by atoms with Crippen LogP contribution in [0.25, 0.3) is 28.0 Å². The van der Waals surface area contributed by atoms with Crippen molar-refractivity contribution < 1.29 is 9.90 Å². The van der Waals surface area contributed by atoms with Crippen molar-refractivity contribution in [2.24, 2.45) is 0 Å². The van der Waals surface area contributed by atoms with E-state index in [2.05, 4.69) is 17.6 Å². The van der Waals surface area contributed by atoms with Gasteiger partial charge in [-0.3, -0.25) is 4.79 Å². The van der Waals surface area contributed by atoms with Crippen molar-refractivity contribution in [2.75, 3.05) is 5.32 Å². The molecule has 1 amide bonds. The van der Waals surface area contributed by atoms with Gasteiger partial charge < -0.3 is 14.8 Å². The molecule has 2 N–H and O–H groups in total. The number of benzene rings is 2. The summed E-state index contributed by atoms with van der Waals surface area (Å²) >= 11 is 0. The molecule has 2 aromatic heterocycles. The minimum Gasteiger partial charge on any atom is -0.392 e. The Hall–Kier alpha value is -3.44. The molecule has 0 atom stereocenters. The summed E-state index contributed by atoms with van der Waals surface area (Å²) in [4.78, 5) is 16.3. The molecule has 5 rings (SSSR count). The van der Waals surface area contributed by atoms with Crippen molar-refractivity contribution in [3.63, 3.8) is 0 Å². The van der Waals surface area contributed by atoms with E-state index in [0.717, 1.165) is 51.3 Å². The number of hydrogen-bond donors (Lipinski definition) is 2. The Bertz CT molecular complexity index is 1210. The van der Waals surface area contributed by atoms with Gasteiger partial charge in [-0.05, 0) is 59.0 Å². The number of pyridine rings is 1. The first-order chi connectivity index (χ1) is 13.7. The summed E-state index contributed by atoms with van der Waals surface area (Å²) in [7, 11) is 0. The topological polar surface area (TPSA) is 66.6 Å². The number of imidazole rings is 1. The summed E-state index contributed by atoms with van der Waals surface area (Å²) in [5.74, 6) is 0.0748. The minimum absolute atomic E-state index is 0.0318. The van der Waals surface area contributed by atoms with Gasteiger partial charge in [0.1, 0.15) is 5.65 Å². The van der Waals surface area contributed by atoms with Crippen LogP contribution in [0, 0.1) is 0 Å². The van der Waals surface area contributed by atoms with Crippen molar-refractivity contribution in [2.45, 2.75) is 19.4 Å². The summed E-state index contributed by atoms with van der Waals surface area (Å²) in [5, 5.41) is 12.3. The maximum Gasteiger partial charge on any atom is 0.224 e. The number of carbonyl (C=O) groups excluding carboxylic acids is 1. The third kappa shape index (κ3) is 2.96. The van der Waals surface area contributed by atoms with Crippen LogP contribution >= 0.6 is 0 Å². The van der Waals surface area contributed by atoms with Crippen molar-refractivity contribution in [1.29, 1.82) is 0 Å². The summed E-state index contributed by atoms with van der Waals surface area (Å²) < 4.78 is 2.03. The lowest BCUT2D eigenvalue weighted by atomic mass is 9.99. The molecule has 4 aromatic rings. The van der Waals surface area contributed by atoms with Crippen molar-refractivity contribution in [3.05, 3.63) is 78.1 Å². The zero-order chi connectivity index (χ0) is 19.1. The fourth-order valence-corrected chi connectivity index (χ4v) is 3.69. The molecule has 0 fully saturated rings. The standard InChI is InChI=1S/C23H19N3O2/c27-14-15-2-1-3-16(10-15)19-5-8-22-24-21(13-26(22)12-19)18-4-7-20-17(11-18)6-9-23(28)25-20/h1-5,7-8,10-13,27H,6,9,14H2,(H,25,28). The number of amides is 1. The number of anilines is 1. The molecule has 3 heterocycles. The molecular formula is C23H19N3O2. The first-order valence-electron chi connectivity index (χ1n) is 9.32. The van der Waals surface area contributed by atoms with Gasteiger partial charge in [-0.2, -0.15) is 0 Å². The fraction of sp³-hybridized carbons (Fsp3) is 0.130. The van der Waals surface area contributed by atoms with Crippen molar-refractivity contribution >= 4 is 17.2 Å². The largest absolute Gasteiger partial charge is 0.392 e. The summed E-state index contributed by atoms with van der Waals surface area (Å²) in [5.41, 5.74) is 7.90. The zero-order valence-corrected chi connectivity index (χ0v) is 15.2. The summed E-state index contributed by atoms with van der Waals surface area (Å²) in [6, 6.07) is 18.0. The number of aliphatic hydroxyl groups is 1. The Kier molecular flexibility index (Phi) is 3.95. The number of rotatable bonds is 3. The first-order valence-corrected chi connectivity index (χ1v) is 9.32. The van der Waals surface area contributed by atoms with E-state index < -0.39 is 0 Å². The van der Waals surface area contributed by atoms with E-state index in [9.17, 15) is 9.90 Å². The molecular weight excluding hydrogens is 350 g/mol. The maximum absolute atomic E-state index is 11.5. The smallest absolute Gasteiger partial charge is 0.224 e. The summed E-state index contributed by atoms with van der Waals surface area (Å²) in [6.07, 6.45) is 5.37. The molecule has 1 aliphatic heterocycles. The van der Waals surface area contributed by atoms with Gasteiger partial charge in [0.15, 0.2) is 0 Å². The van der Waals surface area contributed by atoms with Gasteiger partial charge >= 0.3 is 0 Å². The third-order valence-electron chi connectivity index (χ3n) is 5.19. The van der Waals surface area contributed by atoms with Crippen LogP contribution in [0.5, 0.6) is 0 Å². The molecule has 1 aliphatic rings. The van der Waals surface area contributed by atoms with Crippen LogP contribution in [0.3, 0.4) is 0 Å². The second-order valence-electron chi connectivity index (χ2n) is 7.09. The molecule has 5 nitrogen and oxygen atoms in total. The van der Waals surface area contributed by atoms with Gasteiger partial charge in [-0.1, -0.05) is 24.3 Å². The average molecular weight is 369 g/mol. The number of nitrogens with zero attached hydrogens (tertiary/aromatic N) is 2. The second-order valence-corrected chi connectivity index (χ2v) is 7.09. The minimum atomic E-state index is 0.0318. The second kappa shape index (κ2) is 6.62. The van der Waals surface area contributed by atoms with E-state index in [1.54, 1.807) is 0 Å². The normalized spacial score (nSPS) is 13.4. The van der Waals surface area contributed by atoms with E-state index in [1.165, 1.54) is 0 Å². The molecule has 0 aliphatic carbocycles. The quantitative estimate of drug-likeness (QED) is 0.573. The Morgan fingerprint density at radius 1 is 0.964 bits per heavy atom. The van der Waals surface area contributed by atoms with E-state index in [0.29, 0.717) is 6.42 Å². The molecule has 5 heteroatoms. The molecule has 0 unspecified atom stereocenters. The Labute approximate surface area is 162 Å². The molecule has 0 radical (unpaired) electrons. The van der Waals surface area contributed by atoms with E-state index in [1.807, 2.05) is 59.1 Å². The predicted molar refractivity (Wildman–Crippen MR) is 109 cm³/mol. The number of nitrogens with one attached hydrogen (secondary N) is 1. The number of carbonyl (C=O) groups is 1. The van der Waals surface area contributed by atoms with Crippen LogP contribution in [0.15, 0.2) is 67.0 Å². The number of aliphatic hydroxyl groups excluding tert-OH is 1. The van der Waals surface area contributed by atoms with Gasteiger partial charge in [-0.25, -0.2) is 4.98 Å². The lowest BCUT2D eigenvalue weighted by Crippen LogP contribution is -2.18. The van der Waals surface area contributed by atoms with Gasteiger partial charge in [0.25, 0.3) is 0 Å². The van der Waals surface area contributed by atoms with Crippen LogP contribution < -0.4 is 5.32 Å². The Morgan fingerprint density at radius 2 is 1.86 bits per heavy atom. The Balaban J connectivity index is 1.53. The number of fused-ring (bicyclic) bond motifs is 2. The van der Waals surface area contributed by atoms with E-state index in [4.69, 9.17) is 4.98 Å². The van der Waals surface area contributed by atoms with Crippen LogP contribution in [0.4, 0.5) is 5.69 Å². The highest BCUT2D eigenvalue weighted by atomic mass is 16.3. The van der Waals surface area contributed by atoms with Gasteiger partial charge in [0, 0.05) is 30.1 Å². The van der Waals surface area contributed by atoms with Crippen LogP contribution in [0.1, 0.15) is 17.5 Å². The lowest BCUT2D eigenvalue weighted by Gasteiger charge is -2.17. The number of aromatic nitrogens is 2. The van der Waals surface area contributed by atoms with Crippen molar-refractivity contribution in [1.82, 2.24) is 9.38 Å². The highest BCUT2D eigenvalue weighted by molar-refractivity contribution is 5.94. The molecule has 0 bridgehead atoms. The number of hydrogen-bond acceptors (Lipinski definition) is 3. The SMILES string of the molecule is O=C1CCc2cc(-c3cn4cc(-c5cccc(CO)c5)ccc4n3)ccc2N1. The van der Waals surface area contributed by atoms with E-state index in [-0.39, 0.29) is 12.5 Å². The molecule has 138 valence electrons. The van der Waals surface area contributed by atoms with Gasteiger partial charge in [-0.15, -0.1) is 0 Å². The molecule has 0 saturated carbocycles. The summed E-state index contributed by atoms with van der Waals surface area (Å²) in [6.45, 7) is 0.0318. The van der Waals surface area contributed by atoms with E-state index >= 15 is 0 Å². The lowest BCUT2D eigenvalue weighted by molar-refractivity contribution is -0.116. The molecule has 0 saturated heterocycles. The third-order valence-corrected chi connectivity index (χ3v) is 5.19. The molecule has 0 spiro atoms. The maximum atomic E-state index is 11.5. The predicted octanol–water partition coefficient (Wildman–Crippen LogP) is 4.05. The van der Waals surface area contributed by atoms with Crippen LogP contribution in [-0.4, -0.2) is 20.4 Å². The fourth-order valence-electron chi connectivity index (χ4n) is 3.69. The average Bonchev–Trinajstić information content (AvgIpc) is 3.16. The highest BCUT2D eigenvalue weighted by Gasteiger charge is 2.16. The van der Waals surface area contributed by atoms with Gasteiger partial charge in [0.2, 0.25) is 5.91 Å². The Morgan fingerprint density at radius 3 is 2.75 bits per heavy atom. The zero-order valence-electron chi connectivity index (χ0n) is 15.2. The van der Waals surface area contributed by atoms with Gasteiger partial charge in [0.05, 0.1) is 12.3 Å². The molecule has 2 aromatic carbocycles. The van der Waals surface area contributed by atoms with Crippen LogP contribution in [-0.2, 0) is 17.8 Å². The van der Waals surface area contributed by atoms with Crippen LogP contribution in [0.2, 0.25) is 0 Å². The highest BCUT2D eigenvalue weighted by Crippen LogP contribution is 2.29. The monoisotopic (exact) mass is 369 g/mol. The molecule has 28 heavy (non-hydrogen) atoms.